The molecule has 2 N–H and O–H groups in total. The Balaban J connectivity index is 1.46. The molecule has 0 aliphatic rings. The van der Waals surface area contributed by atoms with E-state index in [1.807, 2.05) is 60.9 Å². The van der Waals surface area contributed by atoms with E-state index in [0.717, 1.165) is 34.0 Å². The van der Waals surface area contributed by atoms with Gasteiger partial charge in [-0.05, 0) is 36.4 Å². The lowest BCUT2D eigenvalue weighted by atomic mass is 10.2. The Morgan fingerprint density at radius 2 is 2.00 bits per heavy atom. The van der Waals surface area contributed by atoms with Gasteiger partial charge in [0.1, 0.15) is 5.75 Å². The summed E-state index contributed by atoms with van der Waals surface area (Å²) < 4.78 is 13.1. The number of anilines is 1. The second kappa shape index (κ2) is 7.55. The van der Waals surface area contributed by atoms with Crippen LogP contribution < -0.4 is 10.1 Å². The number of amides is 1. The predicted molar refractivity (Wildman–Crippen MR) is 106 cm³/mol. The van der Waals surface area contributed by atoms with Gasteiger partial charge in [0.2, 0.25) is 0 Å². The summed E-state index contributed by atoms with van der Waals surface area (Å²) in [6, 6.07) is 15.5. The van der Waals surface area contributed by atoms with E-state index in [1.165, 1.54) is 0 Å². The number of carbonyl (C=O) groups is 1. The summed E-state index contributed by atoms with van der Waals surface area (Å²) in [4.78, 5) is 15.5. The Morgan fingerprint density at radius 3 is 2.89 bits per heavy atom. The highest BCUT2D eigenvalue weighted by atomic mass is 16.5. The number of hydrogen-bond donors (Lipinski definition) is 2. The first-order valence-corrected chi connectivity index (χ1v) is 8.82. The van der Waals surface area contributed by atoms with Crippen molar-refractivity contribution < 1.29 is 14.3 Å². The third kappa shape index (κ3) is 3.52. The summed E-state index contributed by atoms with van der Waals surface area (Å²) >= 11 is 0. The summed E-state index contributed by atoms with van der Waals surface area (Å²) in [5.41, 5.74) is 2.81. The molecule has 2 aromatic heterocycles. The minimum atomic E-state index is -0.195. The molecule has 0 saturated carbocycles. The van der Waals surface area contributed by atoms with E-state index in [-0.39, 0.29) is 12.5 Å². The van der Waals surface area contributed by atoms with Gasteiger partial charge in [0, 0.05) is 42.3 Å². The molecule has 0 bridgehead atoms. The van der Waals surface area contributed by atoms with E-state index in [9.17, 15) is 4.79 Å². The zero-order valence-electron chi connectivity index (χ0n) is 15.1. The van der Waals surface area contributed by atoms with E-state index in [2.05, 4.69) is 14.9 Å². The van der Waals surface area contributed by atoms with Gasteiger partial charge in [0.25, 0.3) is 5.91 Å². The first kappa shape index (κ1) is 17.2. The van der Waals surface area contributed by atoms with Gasteiger partial charge >= 0.3 is 0 Å². The van der Waals surface area contributed by atoms with Crippen LogP contribution in [0.1, 0.15) is 0 Å². The number of ether oxygens (including phenoxy) is 2. The maximum atomic E-state index is 12.4. The highest BCUT2D eigenvalue weighted by molar-refractivity contribution is 6.01. The summed E-state index contributed by atoms with van der Waals surface area (Å²) in [6.45, 7) is 1.36. The number of H-pyrrole nitrogens is 1. The van der Waals surface area contributed by atoms with Crippen molar-refractivity contribution in [1.29, 1.82) is 0 Å². The lowest BCUT2D eigenvalue weighted by Crippen LogP contribution is -2.20. The summed E-state index contributed by atoms with van der Waals surface area (Å²) in [5, 5.41) is 4.87. The van der Waals surface area contributed by atoms with E-state index < -0.39 is 0 Å². The Bertz CT molecular complexity index is 1080. The van der Waals surface area contributed by atoms with Crippen LogP contribution in [-0.4, -0.2) is 35.8 Å². The molecule has 0 radical (unpaired) electrons. The topological polar surface area (TPSA) is 68.3 Å². The smallest absolute Gasteiger partial charge is 0.262 e. The minimum absolute atomic E-state index is 0.0524. The van der Waals surface area contributed by atoms with Crippen molar-refractivity contribution in [3.8, 4) is 5.75 Å². The minimum Gasteiger partial charge on any atom is -0.483 e. The number of nitrogens with zero attached hydrogens (tertiary/aromatic N) is 1. The van der Waals surface area contributed by atoms with Gasteiger partial charge in [0.15, 0.2) is 6.61 Å². The Morgan fingerprint density at radius 1 is 1.11 bits per heavy atom. The average molecular weight is 363 g/mol. The third-order valence-corrected chi connectivity index (χ3v) is 4.54. The highest BCUT2D eigenvalue weighted by Crippen LogP contribution is 2.27. The van der Waals surface area contributed by atoms with Crippen molar-refractivity contribution in [3.63, 3.8) is 0 Å². The SMILES string of the molecule is COCCn1ccc2c(OCC(=O)Nc3cccc4[nH]ccc34)cccc21. The second-order valence-electron chi connectivity index (χ2n) is 6.27. The van der Waals surface area contributed by atoms with Crippen LogP contribution in [0.15, 0.2) is 60.9 Å². The number of nitrogens with one attached hydrogen (secondary N) is 2. The number of hydrogen-bond acceptors (Lipinski definition) is 3. The molecule has 6 heteroatoms. The van der Waals surface area contributed by atoms with Gasteiger partial charge in [0.05, 0.1) is 17.8 Å². The number of methoxy groups -OCH3 is 1. The van der Waals surface area contributed by atoms with E-state index in [1.54, 1.807) is 7.11 Å². The molecule has 27 heavy (non-hydrogen) atoms. The first-order chi connectivity index (χ1) is 13.3. The van der Waals surface area contributed by atoms with E-state index >= 15 is 0 Å². The molecule has 4 rings (SSSR count). The van der Waals surface area contributed by atoms with Crippen molar-refractivity contribution in [2.45, 2.75) is 6.54 Å². The molecule has 0 unspecified atom stereocenters. The molecule has 0 aliphatic heterocycles. The average Bonchev–Trinajstić information content (AvgIpc) is 3.32. The molecule has 1 amide bonds. The molecule has 2 heterocycles. The molecular formula is C21H21N3O3. The monoisotopic (exact) mass is 363 g/mol. The maximum Gasteiger partial charge on any atom is 0.262 e. The van der Waals surface area contributed by atoms with E-state index in [4.69, 9.17) is 9.47 Å². The van der Waals surface area contributed by atoms with Crippen molar-refractivity contribution >= 4 is 33.4 Å². The van der Waals surface area contributed by atoms with Gasteiger partial charge < -0.3 is 24.3 Å². The molecular weight excluding hydrogens is 342 g/mol. The molecule has 0 spiro atoms. The zero-order valence-corrected chi connectivity index (χ0v) is 15.1. The second-order valence-corrected chi connectivity index (χ2v) is 6.27. The van der Waals surface area contributed by atoms with Crippen molar-refractivity contribution in [2.24, 2.45) is 0 Å². The number of carbonyl (C=O) groups excluding carboxylic acids is 1. The van der Waals surface area contributed by atoms with Crippen LogP contribution in [0.2, 0.25) is 0 Å². The molecule has 4 aromatic rings. The predicted octanol–water partition coefficient (Wildman–Crippen LogP) is 3.79. The maximum absolute atomic E-state index is 12.4. The van der Waals surface area contributed by atoms with Crippen LogP contribution in [0.3, 0.4) is 0 Å². The quantitative estimate of drug-likeness (QED) is 0.525. The van der Waals surface area contributed by atoms with Crippen LogP contribution in [0.5, 0.6) is 5.75 Å². The third-order valence-electron chi connectivity index (χ3n) is 4.54. The molecule has 0 atom stereocenters. The van der Waals surface area contributed by atoms with Gasteiger partial charge in [-0.3, -0.25) is 4.79 Å². The fraction of sp³-hybridized carbons (Fsp3) is 0.190. The standard InChI is InChI=1S/C21H21N3O3/c1-26-13-12-24-11-9-16-19(24)6-3-7-20(16)27-14-21(25)23-18-5-2-4-17-15(18)8-10-22-17/h2-11,22H,12-14H2,1H3,(H,23,25). The van der Waals surface area contributed by atoms with Crippen LogP contribution in [-0.2, 0) is 16.1 Å². The lowest BCUT2D eigenvalue weighted by Gasteiger charge is -2.10. The number of benzene rings is 2. The Labute approximate surface area is 156 Å². The molecule has 0 aliphatic carbocycles. The van der Waals surface area contributed by atoms with Crippen molar-refractivity contribution in [3.05, 3.63) is 60.9 Å². The molecule has 0 saturated heterocycles. The fourth-order valence-electron chi connectivity index (χ4n) is 3.23. The summed E-state index contributed by atoms with van der Waals surface area (Å²) in [6.07, 6.45) is 3.86. The first-order valence-electron chi connectivity index (χ1n) is 8.82. The summed E-state index contributed by atoms with van der Waals surface area (Å²) in [7, 11) is 1.69. The molecule has 138 valence electrons. The lowest BCUT2D eigenvalue weighted by molar-refractivity contribution is -0.118. The Hall–Kier alpha value is -3.25. The summed E-state index contributed by atoms with van der Waals surface area (Å²) in [5.74, 6) is 0.498. The number of fused-ring (bicyclic) bond motifs is 2. The normalized spacial score (nSPS) is 11.1. The van der Waals surface area contributed by atoms with Crippen LogP contribution in [0.25, 0.3) is 21.8 Å². The zero-order chi connectivity index (χ0) is 18.6. The molecule has 6 nitrogen and oxygen atoms in total. The number of rotatable bonds is 7. The van der Waals surface area contributed by atoms with Crippen molar-refractivity contribution in [2.75, 3.05) is 25.6 Å². The van der Waals surface area contributed by atoms with Crippen LogP contribution in [0.4, 0.5) is 5.69 Å². The van der Waals surface area contributed by atoms with E-state index in [0.29, 0.717) is 12.4 Å². The number of aromatic nitrogens is 2. The molecule has 2 aromatic carbocycles. The van der Waals surface area contributed by atoms with Gasteiger partial charge in [-0.1, -0.05) is 12.1 Å². The van der Waals surface area contributed by atoms with Crippen molar-refractivity contribution in [1.82, 2.24) is 9.55 Å². The van der Waals surface area contributed by atoms with Crippen LogP contribution >= 0.6 is 0 Å². The van der Waals surface area contributed by atoms with Gasteiger partial charge in [-0.25, -0.2) is 0 Å². The fourth-order valence-corrected chi connectivity index (χ4v) is 3.23. The highest BCUT2D eigenvalue weighted by Gasteiger charge is 2.10. The van der Waals surface area contributed by atoms with Crippen LogP contribution in [0, 0.1) is 0 Å². The largest absolute Gasteiger partial charge is 0.483 e. The molecule has 0 fully saturated rings. The Kier molecular flexibility index (Phi) is 4.80. The van der Waals surface area contributed by atoms with Gasteiger partial charge in [-0.2, -0.15) is 0 Å². The number of aromatic amines is 1. The van der Waals surface area contributed by atoms with Gasteiger partial charge in [-0.15, -0.1) is 0 Å².